The van der Waals surface area contributed by atoms with Crippen molar-refractivity contribution in [2.45, 2.75) is 0 Å². The lowest BCUT2D eigenvalue weighted by Crippen LogP contribution is -1.93. The molecule has 0 bridgehead atoms. The number of aliphatic hydroxyl groups excluding tert-OH is 1. The lowest BCUT2D eigenvalue weighted by molar-refractivity contribution is 0.512. The van der Waals surface area contributed by atoms with Crippen LogP contribution in [0, 0.1) is 17.1 Å². The maximum absolute atomic E-state index is 13.2. The van der Waals surface area contributed by atoms with Crippen LogP contribution in [0.1, 0.15) is 11.4 Å². The van der Waals surface area contributed by atoms with Crippen molar-refractivity contribution in [3.8, 4) is 6.07 Å². The number of hydrogen-bond donors (Lipinski definition) is 2. The van der Waals surface area contributed by atoms with Gasteiger partial charge in [0.1, 0.15) is 23.2 Å². The number of para-hydroxylation sites is 2. The Morgan fingerprint density at radius 2 is 2.00 bits per heavy atom. The molecule has 0 radical (unpaired) electrons. The molecule has 2 N–H and O–H groups in total. The molecule has 3 aromatic rings. The molecule has 1 aromatic heterocycles. The molecule has 0 aliphatic rings. The summed E-state index contributed by atoms with van der Waals surface area (Å²) in [5.74, 6) is -0.544. The molecule has 2 aromatic carbocycles. The van der Waals surface area contributed by atoms with Crippen molar-refractivity contribution >= 4 is 22.4 Å². The summed E-state index contributed by atoms with van der Waals surface area (Å²) in [7, 11) is 0. The quantitative estimate of drug-likeness (QED) is 0.555. The highest BCUT2D eigenvalue weighted by Gasteiger charge is 2.14. The Kier molecular flexibility index (Phi) is 3.13. The maximum atomic E-state index is 13.2. The van der Waals surface area contributed by atoms with E-state index in [1.807, 2.05) is 24.3 Å². The number of aromatic nitrogens is 2. The van der Waals surface area contributed by atoms with Crippen LogP contribution in [-0.2, 0) is 0 Å². The van der Waals surface area contributed by atoms with Crippen LogP contribution in [0.25, 0.3) is 22.4 Å². The largest absolute Gasteiger partial charge is 0.506 e. The zero-order chi connectivity index (χ0) is 14.8. The van der Waals surface area contributed by atoms with Gasteiger partial charge in [0.2, 0.25) is 0 Å². The normalized spacial score (nSPS) is 12.0. The van der Waals surface area contributed by atoms with Crippen molar-refractivity contribution in [3.05, 3.63) is 65.7 Å². The third-order valence-corrected chi connectivity index (χ3v) is 3.07. The molecule has 0 unspecified atom stereocenters. The van der Waals surface area contributed by atoms with E-state index in [0.29, 0.717) is 5.52 Å². The van der Waals surface area contributed by atoms with Gasteiger partial charge in [-0.2, -0.15) is 5.26 Å². The lowest BCUT2D eigenvalue weighted by Gasteiger charge is -2.02. The molecule has 0 spiro atoms. The van der Waals surface area contributed by atoms with E-state index in [1.54, 1.807) is 6.07 Å². The van der Waals surface area contributed by atoms with Crippen molar-refractivity contribution in [3.63, 3.8) is 0 Å². The van der Waals surface area contributed by atoms with Gasteiger partial charge in [-0.15, -0.1) is 0 Å². The topological polar surface area (TPSA) is 72.7 Å². The maximum Gasteiger partial charge on any atom is 0.153 e. The highest BCUT2D eigenvalue weighted by molar-refractivity contribution is 5.94. The first-order valence-corrected chi connectivity index (χ1v) is 6.23. The number of nitriles is 1. The van der Waals surface area contributed by atoms with Crippen LogP contribution in [0.3, 0.4) is 0 Å². The van der Waals surface area contributed by atoms with Crippen LogP contribution in [0.4, 0.5) is 4.39 Å². The minimum absolute atomic E-state index is 0.0307. The minimum Gasteiger partial charge on any atom is -0.506 e. The average molecular weight is 279 g/mol. The van der Waals surface area contributed by atoms with Crippen molar-refractivity contribution < 1.29 is 9.50 Å². The van der Waals surface area contributed by atoms with Crippen LogP contribution >= 0.6 is 0 Å². The average Bonchev–Trinajstić information content (AvgIpc) is 2.91. The first-order valence-electron chi connectivity index (χ1n) is 6.23. The summed E-state index contributed by atoms with van der Waals surface area (Å²) < 4.78 is 13.2. The number of allylic oxidation sites excluding steroid dienone is 1. The van der Waals surface area contributed by atoms with Gasteiger partial charge in [0.25, 0.3) is 0 Å². The molecule has 0 saturated heterocycles. The summed E-state index contributed by atoms with van der Waals surface area (Å²) in [6.07, 6.45) is 0. The fourth-order valence-electron chi connectivity index (χ4n) is 2.07. The molecule has 0 fully saturated rings. The van der Waals surface area contributed by atoms with Gasteiger partial charge in [0.15, 0.2) is 5.82 Å². The summed E-state index contributed by atoms with van der Waals surface area (Å²) in [5.41, 5.74) is 1.64. The molecule has 1 heterocycles. The van der Waals surface area contributed by atoms with Gasteiger partial charge in [0.05, 0.1) is 11.0 Å². The highest BCUT2D eigenvalue weighted by atomic mass is 19.1. The van der Waals surface area contributed by atoms with Crippen LogP contribution in [0.2, 0.25) is 0 Å². The van der Waals surface area contributed by atoms with Gasteiger partial charge in [-0.1, -0.05) is 24.3 Å². The minimum atomic E-state index is -0.485. The first-order chi connectivity index (χ1) is 10.2. The highest BCUT2D eigenvalue weighted by Crippen LogP contribution is 2.24. The number of nitrogens with zero attached hydrogens (tertiary/aromatic N) is 2. The van der Waals surface area contributed by atoms with E-state index in [0.717, 1.165) is 11.6 Å². The zero-order valence-corrected chi connectivity index (χ0v) is 10.8. The number of aromatic amines is 1. The van der Waals surface area contributed by atoms with E-state index in [4.69, 9.17) is 0 Å². The number of benzene rings is 2. The third kappa shape index (κ3) is 2.35. The number of rotatable bonds is 2. The molecular formula is C16H10FN3O. The second-order valence-electron chi connectivity index (χ2n) is 4.45. The number of imidazole rings is 1. The van der Waals surface area contributed by atoms with Gasteiger partial charge in [-0.25, -0.2) is 9.37 Å². The first kappa shape index (κ1) is 12.9. The molecular weight excluding hydrogens is 269 g/mol. The van der Waals surface area contributed by atoms with E-state index in [9.17, 15) is 14.8 Å². The Bertz CT molecular complexity index is 857. The lowest BCUT2D eigenvalue weighted by atomic mass is 10.1. The number of H-pyrrole nitrogens is 1. The van der Waals surface area contributed by atoms with E-state index in [1.165, 1.54) is 18.2 Å². The summed E-state index contributed by atoms with van der Waals surface area (Å²) in [6, 6.07) is 14.6. The number of nitrogens with one attached hydrogen (secondary N) is 1. The fraction of sp³-hybridized carbons (Fsp3) is 0. The van der Waals surface area contributed by atoms with Crippen LogP contribution in [-0.4, -0.2) is 15.1 Å². The zero-order valence-electron chi connectivity index (χ0n) is 10.8. The fourth-order valence-corrected chi connectivity index (χ4v) is 2.07. The molecule has 5 heteroatoms. The monoisotopic (exact) mass is 279 g/mol. The smallest absolute Gasteiger partial charge is 0.153 e. The summed E-state index contributed by atoms with van der Waals surface area (Å²) >= 11 is 0. The third-order valence-electron chi connectivity index (χ3n) is 3.07. The molecule has 0 aliphatic carbocycles. The second-order valence-corrected chi connectivity index (χ2v) is 4.45. The summed E-state index contributed by atoms with van der Waals surface area (Å²) in [5, 5.41) is 19.5. The standard InChI is InChI=1S/C16H10FN3O/c17-11-5-3-4-10(8-11)15(21)12(9-18)16-19-13-6-1-2-7-14(13)20-16/h1-8,21H,(H,19,20)/b15-12-. The molecule has 4 nitrogen and oxygen atoms in total. The van der Waals surface area contributed by atoms with E-state index in [2.05, 4.69) is 9.97 Å². The molecule has 3 rings (SSSR count). The predicted octanol–water partition coefficient (Wildman–Crippen LogP) is 3.65. The van der Waals surface area contributed by atoms with E-state index in [-0.39, 0.29) is 22.7 Å². The Morgan fingerprint density at radius 3 is 2.71 bits per heavy atom. The Labute approximate surface area is 119 Å². The number of fused-ring (bicyclic) bond motifs is 1. The van der Waals surface area contributed by atoms with Crippen molar-refractivity contribution in [2.24, 2.45) is 0 Å². The Morgan fingerprint density at radius 1 is 1.19 bits per heavy atom. The molecule has 0 aliphatic heterocycles. The van der Waals surface area contributed by atoms with Crippen LogP contribution in [0.5, 0.6) is 0 Å². The molecule has 102 valence electrons. The molecule has 0 amide bonds. The predicted molar refractivity (Wildman–Crippen MR) is 77.5 cm³/mol. The van der Waals surface area contributed by atoms with E-state index < -0.39 is 5.82 Å². The van der Waals surface area contributed by atoms with Gasteiger partial charge in [0, 0.05) is 5.56 Å². The van der Waals surface area contributed by atoms with Crippen molar-refractivity contribution in [1.29, 1.82) is 5.26 Å². The van der Waals surface area contributed by atoms with Crippen molar-refractivity contribution in [2.75, 3.05) is 0 Å². The van der Waals surface area contributed by atoms with Crippen LogP contribution in [0.15, 0.2) is 48.5 Å². The second kappa shape index (κ2) is 5.10. The number of hydrogen-bond acceptors (Lipinski definition) is 3. The molecule has 0 atom stereocenters. The van der Waals surface area contributed by atoms with Crippen LogP contribution < -0.4 is 0 Å². The summed E-state index contributed by atoms with van der Waals surface area (Å²) in [4.78, 5) is 7.23. The Balaban J connectivity index is 2.17. The number of halogens is 1. The molecule has 0 saturated carbocycles. The summed E-state index contributed by atoms with van der Waals surface area (Å²) in [6.45, 7) is 0. The number of aliphatic hydroxyl groups is 1. The van der Waals surface area contributed by atoms with Crippen molar-refractivity contribution in [1.82, 2.24) is 9.97 Å². The van der Waals surface area contributed by atoms with Gasteiger partial charge in [-0.3, -0.25) is 0 Å². The van der Waals surface area contributed by atoms with Gasteiger partial charge >= 0.3 is 0 Å². The Hall–Kier alpha value is -3.13. The van der Waals surface area contributed by atoms with Gasteiger partial charge in [-0.05, 0) is 24.3 Å². The van der Waals surface area contributed by atoms with E-state index >= 15 is 0 Å². The SMILES string of the molecule is N#C/C(=C(/O)c1cccc(F)c1)c1nc2ccccc2[nH]1. The molecule has 21 heavy (non-hydrogen) atoms. The van der Waals surface area contributed by atoms with Gasteiger partial charge < -0.3 is 10.1 Å².